The number of aromatic carboxylic acids is 4. The zero-order valence-electron chi connectivity index (χ0n) is 49.6. The molecule has 2 aliphatic heterocycles. The summed E-state index contributed by atoms with van der Waals surface area (Å²) in [6, 6.07) is 16.2. The van der Waals surface area contributed by atoms with Gasteiger partial charge >= 0.3 is 23.9 Å². The Morgan fingerprint density at radius 3 is 1.22 bits per heavy atom. The molecular weight excluding hydrogens is 1200 g/mol. The lowest BCUT2D eigenvalue weighted by atomic mass is 10.0. The molecule has 2 saturated heterocycles. The molecular formula is C59H82N10O16S3. The van der Waals surface area contributed by atoms with Crippen LogP contribution in [0.25, 0.3) is 11.1 Å². The highest BCUT2D eigenvalue weighted by atomic mass is 32.2. The predicted molar refractivity (Wildman–Crippen MR) is 333 cm³/mol. The molecule has 4 aromatic rings. The fourth-order valence-corrected chi connectivity index (χ4v) is 10.9. The maximum atomic E-state index is 12.7. The van der Waals surface area contributed by atoms with Crippen molar-refractivity contribution < 1.29 is 77.5 Å². The Morgan fingerprint density at radius 2 is 0.841 bits per heavy atom. The average Bonchev–Trinajstić information content (AvgIpc) is 2.26. The van der Waals surface area contributed by atoms with E-state index in [1.165, 1.54) is 24.3 Å². The van der Waals surface area contributed by atoms with Crippen LogP contribution in [-0.2, 0) is 64.1 Å². The van der Waals surface area contributed by atoms with E-state index in [4.69, 9.17) is 55.8 Å². The normalized spacial score (nSPS) is 19.2. The monoisotopic (exact) mass is 1280 g/mol. The highest BCUT2D eigenvalue weighted by Crippen LogP contribution is 2.25. The maximum absolute atomic E-state index is 12.7. The number of thiocarbonyl (C=S) groups is 1. The van der Waals surface area contributed by atoms with Crippen LogP contribution in [0, 0.1) is 0 Å². The van der Waals surface area contributed by atoms with Gasteiger partial charge in [0, 0.05) is 108 Å². The Labute approximate surface area is 526 Å². The van der Waals surface area contributed by atoms with Crippen LogP contribution < -0.4 is 5.73 Å². The molecule has 6 heterocycles. The molecule has 482 valence electrons. The number of thioether (sulfide) groups is 2. The van der Waals surface area contributed by atoms with Crippen molar-refractivity contribution in [1.82, 2.24) is 39.5 Å². The summed E-state index contributed by atoms with van der Waals surface area (Å²) in [4.78, 5) is 78.8. The van der Waals surface area contributed by atoms with Crippen LogP contribution in [-0.4, -0.2) is 282 Å². The van der Waals surface area contributed by atoms with Crippen LogP contribution in [0.5, 0.6) is 0 Å². The van der Waals surface area contributed by atoms with E-state index in [1.54, 1.807) is 59.9 Å². The minimum atomic E-state index is -1.26. The zero-order valence-corrected chi connectivity index (χ0v) is 52.0. The Morgan fingerprint density at radius 1 is 0.489 bits per heavy atom. The highest BCUT2D eigenvalue weighted by Gasteiger charge is 2.21. The van der Waals surface area contributed by atoms with Crippen molar-refractivity contribution in [1.29, 1.82) is 0 Å². The van der Waals surface area contributed by atoms with Crippen LogP contribution in [0.1, 0.15) is 64.7 Å². The quantitative estimate of drug-likeness (QED) is 0.0425. The first kappa shape index (κ1) is 71.5. The van der Waals surface area contributed by atoms with Gasteiger partial charge < -0.3 is 64.1 Å². The van der Waals surface area contributed by atoms with Crippen LogP contribution in [0.2, 0.25) is 0 Å². The molecule has 29 heteroatoms. The third-order valence-corrected chi connectivity index (χ3v) is 15.9. The number of hydrogen-bond donors (Lipinski definition) is 5. The summed E-state index contributed by atoms with van der Waals surface area (Å²) in [5.74, 6) is -2.01. The molecule has 0 aromatic carbocycles. The topological polar surface area (TPSA) is 326 Å². The molecule has 2 atom stereocenters. The highest BCUT2D eigenvalue weighted by molar-refractivity contribution is 7.99. The molecule has 0 radical (unpaired) electrons. The number of carboxylic acids is 4. The van der Waals surface area contributed by atoms with E-state index >= 15 is 0 Å². The Hall–Kier alpha value is -5.54. The molecule has 26 nitrogen and oxygen atoms in total. The third-order valence-electron chi connectivity index (χ3n) is 13.6. The van der Waals surface area contributed by atoms with Crippen LogP contribution in [0.15, 0.2) is 65.7 Å². The number of ether oxygens (including phenoxy) is 8. The van der Waals surface area contributed by atoms with E-state index in [0.717, 1.165) is 5.75 Å². The second kappa shape index (κ2) is 41.7. The lowest BCUT2D eigenvalue weighted by molar-refractivity contribution is -0.0238. The smallest absolute Gasteiger partial charge is 0.354 e. The first-order chi connectivity index (χ1) is 42.8. The Kier molecular flexibility index (Phi) is 33.9. The molecule has 6 N–H and O–H groups in total. The second-order valence-electron chi connectivity index (χ2n) is 20.3. The predicted octanol–water partition coefficient (Wildman–Crippen LogP) is 3.76. The minimum Gasteiger partial charge on any atom is -0.477 e. The van der Waals surface area contributed by atoms with Crippen molar-refractivity contribution in [3.05, 3.63) is 106 Å². The molecule has 2 aliphatic rings. The molecule has 88 heavy (non-hydrogen) atoms. The number of carbonyl (C=O) groups is 4. The number of hydrogen-bond acceptors (Lipinski definition) is 25. The minimum absolute atomic E-state index is 0.0249. The summed E-state index contributed by atoms with van der Waals surface area (Å²) >= 11 is 8.05. The summed E-state index contributed by atoms with van der Waals surface area (Å²) in [5, 5.41) is 42.2. The van der Waals surface area contributed by atoms with Gasteiger partial charge in [0.25, 0.3) is 0 Å². The van der Waals surface area contributed by atoms with Gasteiger partial charge in [-0.3, -0.25) is 19.6 Å². The SMILES string of the molecule is NCCSC[C@@H]1COCCN(Cc2cccc(C(=O)O)n2)CCOCCOCCN(Cc2cc(-c3cc(CN4CCOCCOCCN(Cc5cccc(C(=O)O)n5)CCO[C@H](CSCCN=C=S)COCC4)nc(C(=O)O)c3)cc(C(=O)O)n2)CCO1. The fraction of sp³-hybridized carbons (Fsp3) is 0.576. The summed E-state index contributed by atoms with van der Waals surface area (Å²) < 4.78 is 49.3. The van der Waals surface area contributed by atoms with Crippen LogP contribution in [0.4, 0.5) is 0 Å². The number of aromatic nitrogens is 4. The number of carboxylic acid groups (broad SMARTS) is 4. The molecule has 0 spiro atoms. The summed E-state index contributed by atoms with van der Waals surface area (Å²) in [5.41, 5.74) is 8.29. The Balaban J connectivity index is 1.14. The largest absolute Gasteiger partial charge is 0.477 e. The fourth-order valence-electron chi connectivity index (χ4n) is 9.15. The van der Waals surface area contributed by atoms with Crippen molar-refractivity contribution in [2.45, 2.75) is 38.4 Å². The first-order valence-electron chi connectivity index (χ1n) is 29.2. The standard InChI is InChI=1S/C59H82N10O16S3/c60-7-29-87-41-50-39-82-21-13-66(35-46-3-1-5-52(62-46)56(70)71)9-17-78-25-28-81-20-12-69(16-24-84-50)38-49-32-45(34-55(65-49)59(76)77)44-31-48(64-54(33-44)58(74)75)37-67-10-18-79-26-27-80-19-11-68(36-47-4-2-6-53(63-47)57(72)73)15-23-85-51(40-83-22-14-67)42-88-30-8-61-43-86/h1-6,31-34,50-51H,7-30,35-42,60H2,(H,70,71)(H,72,73)(H,74,75)(H,76,77)/t50-,51-/m0/s1. The maximum Gasteiger partial charge on any atom is 0.354 e. The molecule has 0 bridgehead atoms. The molecule has 0 saturated carbocycles. The molecule has 6 rings (SSSR count). The van der Waals surface area contributed by atoms with E-state index in [-0.39, 0.29) is 61.3 Å². The first-order valence-corrected chi connectivity index (χ1v) is 31.9. The number of nitrogens with zero attached hydrogens (tertiary/aromatic N) is 9. The lowest BCUT2D eigenvalue weighted by Gasteiger charge is -2.26. The molecule has 0 amide bonds. The third kappa shape index (κ3) is 28.1. The van der Waals surface area contributed by atoms with Gasteiger partial charge in [-0.2, -0.15) is 23.5 Å². The van der Waals surface area contributed by atoms with Crippen molar-refractivity contribution in [2.75, 3.05) is 181 Å². The van der Waals surface area contributed by atoms with Gasteiger partial charge in [-0.15, -0.1) is 0 Å². The van der Waals surface area contributed by atoms with E-state index < -0.39 is 23.9 Å². The summed E-state index contributed by atoms with van der Waals surface area (Å²) in [7, 11) is 0. The summed E-state index contributed by atoms with van der Waals surface area (Å²) in [6.45, 7) is 10.6. The van der Waals surface area contributed by atoms with Crippen LogP contribution >= 0.6 is 35.7 Å². The zero-order chi connectivity index (χ0) is 62.6. The number of aliphatic imine (C=N–C) groups is 1. The van der Waals surface area contributed by atoms with Gasteiger partial charge in [-0.25, -0.2) is 44.1 Å². The molecule has 0 aliphatic carbocycles. The van der Waals surface area contributed by atoms with Gasteiger partial charge in [0.2, 0.25) is 0 Å². The van der Waals surface area contributed by atoms with E-state index in [9.17, 15) is 39.6 Å². The molecule has 2 fully saturated rings. The van der Waals surface area contributed by atoms with Gasteiger partial charge in [0.1, 0.15) is 22.8 Å². The van der Waals surface area contributed by atoms with Gasteiger partial charge in [0.05, 0.1) is 139 Å². The van der Waals surface area contributed by atoms with E-state index in [2.05, 4.69) is 49.7 Å². The van der Waals surface area contributed by atoms with Crippen molar-refractivity contribution in [3.63, 3.8) is 0 Å². The van der Waals surface area contributed by atoms with Crippen molar-refractivity contribution >= 4 is 64.8 Å². The lowest BCUT2D eigenvalue weighted by Crippen LogP contribution is -2.35. The van der Waals surface area contributed by atoms with Gasteiger partial charge in [-0.05, 0) is 71.9 Å². The summed E-state index contributed by atoms with van der Waals surface area (Å²) in [6.07, 6.45) is -0.569. The van der Waals surface area contributed by atoms with Gasteiger partial charge in [-0.1, -0.05) is 12.1 Å². The van der Waals surface area contributed by atoms with Crippen molar-refractivity contribution in [3.8, 4) is 11.1 Å². The van der Waals surface area contributed by atoms with Crippen molar-refractivity contribution in [2.24, 2.45) is 10.7 Å². The van der Waals surface area contributed by atoms with E-state index in [0.29, 0.717) is 209 Å². The molecule has 0 unspecified atom stereocenters. The Bertz CT molecular complexity index is 2810. The second-order valence-corrected chi connectivity index (χ2v) is 22.8. The molecule has 4 aromatic heterocycles. The van der Waals surface area contributed by atoms with E-state index in [1.807, 2.05) is 0 Å². The number of nitrogens with two attached hydrogens (primary N) is 1. The number of pyridine rings is 4. The number of rotatable bonds is 22. The average molecular weight is 1280 g/mol. The van der Waals surface area contributed by atoms with Gasteiger partial charge in [0.15, 0.2) is 0 Å². The van der Waals surface area contributed by atoms with Crippen LogP contribution in [0.3, 0.4) is 0 Å². The number of isothiocyanates is 1.